The lowest BCUT2D eigenvalue weighted by Gasteiger charge is -2.25. The normalized spacial score (nSPS) is 15.6. The van der Waals surface area contributed by atoms with Gasteiger partial charge in [-0.25, -0.2) is 0 Å². The lowest BCUT2D eigenvalue weighted by molar-refractivity contribution is 0.621. The summed E-state index contributed by atoms with van der Waals surface area (Å²) in [5.74, 6) is 1.11. The van der Waals surface area contributed by atoms with Crippen molar-refractivity contribution in [3.8, 4) is 0 Å². The van der Waals surface area contributed by atoms with Crippen molar-refractivity contribution >= 4 is 0 Å². The van der Waals surface area contributed by atoms with Crippen LogP contribution in [0.3, 0.4) is 0 Å². The Morgan fingerprint density at radius 2 is 1.94 bits per heavy atom. The number of pyridine rings is 1. The number of hydrogen-bond acceptors (Lipinski definition) is 2. The predicted octanol–water partition coefficient (Wildman–Crippen LogP) is 2.97. The Morgan fingerprint density at radius 1 is 1.19 bits per heavy atom. The van der Waals surface area contributed by atoms with Gasteiger partial charge < -0.3 is 5.32 Å². The van der Waals surface area contributed by atoms with E-state index in [1.165, 1.54) is 16.8 Å². The zero-order chi connectivity index (χ0) is 11.7. The van der Waals surface area contributed by atoms with E-state index in [2.05, 4.69) is 44.2 Å². The Labute approximate surface area is 98.5 Å². The molecule has 0 fully saturated rings. The number of rotatable bonds is 2. The maximum atomic E-state index is 4.67. The summed E-state index contributed by atoms with van der Waals surface area (Å²) in [7, 11) is 0. The summed E-state index contributed by atoms with van der Waals surface area (Å²) in [5.41, 5.74) is 5.77. The second-order valence-electron chi connectivity index (χ2n) is 5.30. The first-order valence-corrected chi connectivity index (χ1v) is 6.32. The molecule has 1 aromatic rings. The molecular formula is C14H22N2. The quantitative estimate of drug-likeness (QED) is 0.825. The number of aromatic nitrogens is 1. The molecule has 0 aliphatic carbocycles. The van der Waals surface area contributed by atoms with Crippen LogP contribution in [0.15, 0.2) is 6.20 Å². The molecule has 2 heteroatoms. The van der Waals surface area contributed by atoms with Gasteiger partial charge >= 0.3 is 0 Å². The average molecular weight is 218 g/mol. The fourth-order valence-electron chi connectivity index (χ4n) is 2.61. The van der Waals surface area contributed by atoms with Crippen molar-refractivity contribution in [3.05, 3.63) is 28.6 Å². The van der Waals surface area contributed by atoms with Gasteiger partial charge in [0.05, 0.1) is 0 Å². The topological polar surface area (TPSA) is 24.9 Å². The molecule has 0 saturated heterocycles. The molecule has 1 N–H and O–H groups in total. The van der Waals surface area contributed by atoms with Gasteiger partial charge in [-0.1, -0.05) is 27.7 Å². The van der Waals surface area contributed by atoms with Gasteiger partial charge in [0.15, 0.2) is 0 Å². The third-order valence-corrected chi connectivity index (χ3v) is 3.34. The maximum Gasteiger partial charge on any atom is 0.0466 e. The van der Waals surface area contributed by atoms with Crippen LogP contribution in [0.25, 0.3) is 0 Å². The SMILES string of the molecule is CC(C)c1ncc2c(c1C(C)C)CCNC2. The van der Waals surface area contributed by atoms with Crippen molar-refractivity contribution in [1.29, 1.82) is 0 Å². The predicted molar refractivity (Wildman–Crippen MR) is 67.8 cm³/mol. The van der Waals surface area contributed by atoms with Crippen LogP contribution in [0.5, 0.6) is 0 Å². The van der Waals surface area contributed by atoms with Crippen LogP contribution in [-0.2, 0) is 13.0 Å². The molecule has 2 rings (SSSR count). The summed E-state index contributed by atoms with van der Waals surface area (Å²) in [5, 5.41) is 3.42. The molecule has 2 nitrogen and oxygen atoms in total. The van der Waals surface area contributed by atoms with E-state index < -0.39 is 0 Å². The maximum absolute atomic E-state index is 4.67. The highest BCUT2D eigenvalue weighted by Crippen LogP contribution is 2.30. The van der Waals surface area contributed by atoms with Crippen LogP contribution in [0.2, 0.25) is 0 Å². The average Bonchev–Trinajstić information content (AvgIpc) is 2.27. The van der Waals surface area contributed by atoms with Gasteiger partial charge in [0.1, 0.15) is 0 Å². The van der Waals surface area contributed by atoms with Crippen molar-refractivity contribution < 1.29 is 0 Å². The van der Waals surface area contributed by atoms with E-state index in [1.807, 2.05) is 0 Å². The first kappa shape index (κ1) is 11.6. The molecule has 16 heavy (non-hydrogen) atoms. The van der Waals surface area contributed by atoms with Crippen molar-refractivity contribution in [2.45, 2.75) is 52.5 Å². The molecule has 0 bridgehead atoms. The van der Waals surface area contributed by atoms with E-state index in [9.17, 15) is 0 Å². The number of nitrogens with one attached hydrogen (secondary N) is 1. The highest BCUT2D eigenvalue weighted by molar-refractivity contribution is 5.41. The van der Waals surface area contributed by atoms with E-state index in [1.54, 1.807) is 5.56 Å². The van der Waals surface area contributed by atoms with E-state index in [0.717, 1.165) is 19.5 Å². The van der Waals surface area contributed by atoms with Gasteiger partial charge in [-0.05, 0) is 41.5 Å². The summed E-state index contributed by atoms with van der Waals surface area (Å²) in [4.78, 5) is 4.67. The molecule has 1 aliphatic heterocycles. The van der Waals surface area contributed by atoms with Crippen molar-refractivity contribution in [1.82, 2.24) is 10.3 Å². The van der Waals surface area contributed by atoms with Gasteiger partial charge in [-0.15, -0.1) is 0 Å². The lowest BCUT2D eigenvalue weighted by atomic mass is 9.86. The highest BCUT2D eigenvalue weighted by Gasteiger charge is 2.20. The highest BCUT2D eigenvalue weighted by atomic mass is 14.9. The summed E-state index contributed by atoms with van der Waals surface area (Å²) in [6, 6.07) is 0. The van der Waals surface area contributed by atoms with Crippen LogP contribution in [0.4, 0.5) is 0 Å². The van der Waals surface area contributed by atoms with Gasteiger partial charge in [-0.2, -0.15) is 0 Å². The van der Waals surface area contributed by atoms with Crippen molar-refractivity contribution in [3.63, 3.8) is 0 Å². The van der Waals surface area contributed by atoms with E-state index in [0.29, 0.717) is 11.8 Å². The second-order valence-corrected chi connectivity index (χ2v) is 5.30. The van der Waals surface area contributed by atoms with Gasteiger partial charge in [0.25, 0.3) is 0 Å². The monoisotopic (exact) mass is 218 g/mol. The zero-order valence-corrected chi connectivity index (χ0v) is 10.8. The Morgan fingerprint density at radius 3 is 2.56 bits per heavy atom. The molecule has 1 aliphatic rings. The molecule has 0 amide bonds. The number of hydrogen-bond donors (Lipinski definition) is 1. The number of fused-ring (bicyclic) bond motifs is 1. The molecule has 1 aromatic heterocycles. The van der Waals surface area contributed by atoms with Crippen LogP contribution in [-0.4, -0.2) is 11.5 Å². The molecule has 0 atom stereocenters. The molecule has 88 valence electrons. The van der Waals surface area contributed by atoms with Crippen LogP contribution in [0.1, 0.15) is 61.9 Å². The Balaban J connectivity index is 2.57. The molecule has 0 saturated carbocycles. The largest absolute Gasteiger partial charge is 0.312 e. The smallest absolute Gasteiger partial charge is 0.0466 e. The molecule has 0 unspecified atom stereocenters. The summed E-state index contributed by atoms with van der Waals surface area (Å²) in [6.45, 7) is 11.1. The first-order chi connectivity index (χ1) is 7.61. The minimum Gasteiger partial charge on any atom is -0.312 e. The molecule has 0 spiro atoms. The fourth-order valence-corrected chi connectivity index (χ4v) is 2.61. The molecule has 0 radical (unpaired) electrons. The third-order valence-electron chi connectivity index (χ3n) is 3.34. The molecule has 0 aromatic carbocycles. The van der Waals surface area contributed by atoms with Crippen LogP contribution >= 0.6 is 0 Å². The zero-order valence-electron chi connectivity index (χ0n) is 10.8. The lowest BCUT2D eigenvalue weighted by Crippen LogP contribution is -2.26. The minimum atomic E-state index is 0.526. The van der Waals surface area contributed by atoms with Gasteiger partial charge in [0.2, 0.25) is 0 Å². The van der Waals surface area contributed by atoms with Crippen LogP contribution in [0, 0.1) is 0 Å². The minimum absolute atomic E-state index is 0.526. The van der Waals surface area contributed by atoms with Gasteiger partial charge in [-0.3, -0.25) is 4.98 Å². The number of nitrogens with zero attached hydrogens (tertiary/aromatic N) is 1. The first-order valence-electron chi connectivity index (χ1n) is 6.32. The standard InChI is InChI=1S/C14H22N2/c1-9(2)13-12-5-6-15-7-11(12)8-16-14(13)10(3)4/h8-10,15H,5-7H2,1-4H3. The van der Waals surface area contributed by atoms with E-state index >= 15 is 0 Å². The van der Waals surface area contributed by atoms with Gasteiger partial charge in [0, 0.05) is 18.4 Å². The van der Waals surface area contributed by atoms with Crippen LogP contribution < -0.4 is 5.32 Å². The van der Waals surface area contributed by atoms with E-state index in [4.69, 9.17) is 0 Å². The second kappa shape index (κ2) is 4.54. The van der Waals surface area contributed by atoms with Crippen molar-refractivity contribution in [2.24, 2.45) is 0 Å². The third kappa shape index (κ3) is 1.99. The summed E-state index contributed by atoms with van der Waals surface area (Å²) in [6.07, 6.45) is 3.23. The molecular weight excluding hydrogens is 196 g/mol. The fraction of sp³-hybridized carbons (Fsp3) is 0.643. The Bertz CT molecular complexity index is 381. The summed E-state index contributed by atoms with van der Waals surface area (Å²) >= 11 is 0. The Hall–Kier alpha value is -0.890. The van der Waals surface area contributed by atoms with E-state index in [-0.39, 0.29) is 0 Å². The summed E-state index contributed by atoms with van der Waals surface area (Å²) < 4.78 is 0. The molecule has 2 heterocycles. The Kier molecular flexibility index (Phi) is 3.29. The van der Waals surface area contributed by atoms with Crippen molar-refractivity contribution in [2.75, 3.05) is 6.54 Å².